The number of aliphatic hydroxyl groups is 1. The van der Waals surface area contributed by atoms with E-state index in [1.807, 2.05) is 0 Å². The highest BCUT2D eigenvalue weighted by molar-refractivity contribution is 5.87. The zero-order valence-corrected chi connectivity index (χ0v) is 10.5. The van der Waals surface area contributed by atoms with Gasteiger partial charge in [0.25, 0.3) is 0 Å². The van der Waals surface area contributed by atoms with Crippen molar-refractivity contribution in [2.75, 3.05) is 11.5 Å². The van der Waals surface area contributed by atoms with E-state index in [0.29, 0.717) is 11.0 Å². The molecule has 2 aromatic rings. The normalized spacial score (nSPS) is 31.2. The van der Waals surface area contributed by atoms with Crippen molar-refractivity contribution >= 4 is 29.0 Å². The number of carbonyl (C=O) groups is 1. The van der Waals surface area contributed by atoms with Crippen molar-refractivity contribution in [2.45, 2.75) is 24.7 Å². The third-order valence-corrected chi connectivity index (χ3v) is 3.52. The van der Waals surface area contributed by atoms with Crippen LogP contribution in [0.25, 0.3) is 11.0 Å². The molecule has 2 saturated heterocycles. The number of ether oxygens (including phenoxy) is 3. The highest BCUT2D eigenvalue weighted by Gasteiger charge is 2.54. The molecule has 4 atom stereocenters. The second kappa shape index (κ2) is 3.96. The first-order valence-electron chi connectivity index (χ1n) is 6.15. The molecule has 21 heavy (non-hydrogen) atoms. The summed E-state index contributed by atoms with van der Waals surface area (Å²) < 4.78 is 16.8. The van der Waals surface area contributed by atoms with E-state index < -0.39 is 30.9 Å². The minimum absolute atomic E-state index is 0.00899. The third kappa shape index (κ3) is 1.63. The third-order valence-electron chi connectivity index (χ3n) is 3.52. The molecular weight excluding hydrogens is 282 g/mol. The van der Waals surface area contributed by atoms with Crippen LogP contribution in [0.15, 0.2) is 12.3 Å². The molecule has 5 N–H and O–H groups in total. The van der Waals surface area contributed by atoms with Gasteiger partial charge in [0.15, 0.2) is 24.7 Å². The topological polar surface area (TPSA) is 148 Å². The van der Waals surface area contributed by atoms with E-state index in [1.165, 1.54) is 0 Å². The molecule has 0 radical (unpaired) electrons. The van der Waals surface area contributed by atoms with Crippen molar-refractivity contribution in [1.82, 2.24) is 14.5 Å². The Labute approximate surface area is 117 Å². The number of nitrogens with zero attached hydrogens (tertiary/aromatic N) is 3. The van der Waals surface area contributed by atoms with Gasteiger partial charge in [-0.3, -0.25) is 0 Å². The Morgan fingerprint density at radius 3 is 2.81 bits per heavy atom. The van der Waals surface area contributed by atoms with Crippen LogP contribution in [0.2, 0.25) is 0 Å². The van der Waals surface area contributed by atoms with E-state index in [1.54, 1.807) is 16.8 Å². The Bertz CT molecular complexity index is 746. The summed E-state index contributed by atoms with van der Waals surface area (Å²) in [6, 6.07) is 1.69. The molecule has 0 saturated carbocycles. The van der Waals surface area contributed by atoms with Crippen LogP contribution in [-0.4, -0.2) is 44.3 Å². The minimum atomic E-state index is -1.28. The van der Waals surface area contributed by atoms with E-state index in [9.17, 15) is 9.90 Å². The standard InChI is InChI=1S/C11H11N5O5/c12-6-3-1-2-16(7(3)15-10(13)14-6)8-4-5(9(17)21-8)20-11(18)19-4/h1-2,4-5,8-9,17H,(H4,12,13,14,15)/t4-,5+,8-,9?/m1/s1. The summed E-state index contributed by atoms with van der Waals surface area (Å²) in [4.78, 5) is 19.2. The lowest BCUT2D eigenvalue weighted by Gasteiger charge is -2.17. The molecule has 0 amide bonds. The second-order valence-corrected chi connectivity index (χ2v) is 4.76. The maximum absolute atomic E-state index is 11.2. The fourth-order valence-corrected chi connectivity index (χ4v) is 2.63. The van der Waals surface area contributed by atoms with Crippen LogP contribution in [-0.2, 0) is 14.2 Å². The van der Waals surface area contributed by atoms with Crippen LogP contribution in [0, 0.1) is 0 Å². The van der Waals surface area contributed by atoms with Crippen molar-refractivity contribution in [3.8, 4) is 0 Å². The monoisotopic (exact) mass is 293 g/mol. The van der Waals surface area contributed by atoms with Gasteiger partial charge >= 0.3 is 6.16 Å². The molecule has 0 spiro atoms. The molecule has 10 heteroatoms. The Hall–Kier alpha value is -2.59. The number of nitrogen functional groups attached to an aromatic ring is 2. The molecule has 4 heterocycles. The van der Waals surface area contributed by atoms with Gasteiger partial charge in [-0.15, -0.1) is 0 Å². The molecule has 2 aromatic heterocycles. The summed E-state index contributed by atoms with van der Waals surface area (Å²) in [7, 11) is 0. The van der Waals surface area contributed by atoms with Gasteiger partial charge in [0, 0.05) is 6.20 Å². The van der Waals surface area contributed by atoms with Crippen LogP contribution in [0.1, 0.15) is 6.23 Å². The minimum Gasteiger partial charge on any atom is -0.422 e. The fourth-order valence-electron chi connectivity index (χ4n) is 2.63. The van der Waals surface area contributed by atoms with Crippen molar-refractivity contribution in [1.29, 1.82) is 0 Å². The number of hydrogen-bond acceptors (Lipinski definition) is 9. The largest absolute Gasteiger partial charge is 0.509 e. The van der Waals surface area contributed by atoms with E-state index in [2.05, 4.69) is 9.97 Å². The van der Waals surface area contributed by atoms with Gasteiger partial charge in [-0.25, -0.2) is 4.79 Å². The number of aliphatic hydroxyl groups excluding tert-OH is 1. The van der Waals surface area contributed by atoms with E-state index >= 15 is 0 Å². The number of carbonyl (C=O) groups excluding carboxylic acids is 1. The molecular formula is C11H11N5O5. The van der Waals surface area contributed by atoms with Gasteiger partial charge < -0.3 is 35.4 Å². The number of hydrogen-bond donors (Lipinski definition) is 3. The van der Waals surface area contributed by atoms with Crippen molar-refractivity contribution < 1.29 is 24.1 Å². The lowest BCUT2D eigenvalue weighted by atomic mass is 10.2. The highest BCUT2D eigenvalue weighted by atomic mass is 16.8. The maximum Gasteiger partial charge on any atom is 0.509 e. The average molecular weight is 293 g/mol. The van der Waals surface area contributed by atoms with Crippen LogP contribution >= 0.6 is 0 Å². The number of nitrogens with two attached hydrogens (primary N) is 2. The Kier molecular flexibility index (Phi) is 2.30. The predicted octanol–water partition coefficient (Wildman–Crippen LogP) is -0.653. The molecule has 110 valence electrons. The van der Waals surface area contributed by atoms with E-state index in [4.69, 9.17) is 25.7 Å². The van der Waals surface area contributed by atoms with Gasteiger partial charge in [-0.2, -0.15) is 9.97 Å². The number of anilines is 2. The van der Waals surface area contributed by atoms with Crippen LogP contribution in [0.4, 0.5) is 16.6 Å². The summed E-state index contributed by atoms with van der Waals surface area (Å²) in [5.41, 5.74) is 11.8. The number of fused-ring (bicyclic) bond motifs is 2. The number of rotatable bonds is 1. The van der Waals surface area contributed by atoms with Gasteiger partial charge in [0.1, 0.15) is 11.5 Å². The molecule has 2 fully saturated rings. The molecule has 0 bridgehead atoms. The summed E-state index contributed by atoms with van der Waals surface area (Å²) in [5.74, 6) is 0.237. The van der Waals surface area contributed by atoms with E-state index in [0.717, 1.165) is 0 Å². The quantitative estimate of drug-likeness (QED) is 0.583. The molecule has 1 unspecified atom stereocenters. The molecule has 2 aliphatic rings. The first-order valence-corrected chi connectivity index (χ1v) is 6.15. The highest BCUT2D eigenvalue weighted by Crippen LogP contribution is 2.38. The fraction of sp³-hybridized carbons (Fsp3) is 0.364. The summed E-state index contributed by atoms with van der Waals surface area (Å²) in [5, 5.41) is 10.4. The molecule has 10 nitrogen and oxygen atoms in total. The Morgan fingerprint density at radius 1 is 1.24 bits per heavy atom. The zero-order chi connectivity index (χ0) is 14.7. The van der Waals surface area contributed by atoms with E-state index in [-0.39, 0.29) is 11.8 Å². The molecule has 0 aromatic carbocycles. The van der Waals surface area contributed by atoms with Crippen LogP contribution in [0.3, 0.4) is 0 Å². The Morgan fingerprint density at radius 2 is 2.00 bits per heavy atom. The van der Waals surface area contributed by atoms with Gasteiger partial charge in [0.05, 0.1) is 5.39 Å². The van der Waals surface area contributed by atoms with Gasteiger partial charge in [-0.1, -0.05) is 0 Å². The molecule has 4 rings (SSSR count). The lowest BCUT2D eigenvalue weighted by molar-refractivity contribution is -0.149. The number of aromatic nitrogens is 3. The van der Waals surface area contributed by atoms with Crippen molar-refractivity contribution in [3.63, 3.8) is 0 Å². The molecule has 0 aliphatic carbocycles. The summed E-state index contributed by atoms with van der Waals surface area (Å²) in [6.45, 7) is 0. The lowest BCUT2D eigenvalue weighted by Crippen LogP contribution is -2.28. The Balaban J connectivity index is 1.82. The molecule has 2 aliphatic heterocycles. The summed E-state index contributed by atoms with van der Waals surface area (Å²) >= 11 is 0. The first-order chi connectivity index (χ1) is 10.0. The first kappa shape index (κ1) is 12.2. The predicted molar refractivity (Wildman–Crippen MR) is 67.6 cm³/mol. The van der Waals surface area contributed by atoms with Gasteiger partial charge in [0.2, 0.25) is 5.95 Å². The van der Waals surface area contributed by atoms with Gasteiger partial charge in [-0.05, 0) is 6.07 Å². The summed E-state index contributed by atoms with van der Waals surface area (Å²) in [6.07, 6.45) is -2.93. The van der Waals surface area contributed by atoms with Crippen molar-refractivity contribution in [2.24, 2.45) is 0 Å². The smallest absolute Gasteiger partial charge is 0.422 e. The average Bonchev–Trinajstić information content (AvgIpc) is 3.05. The maximum atomic E-state index is 11.2. The second-order valence-electron chi connectivity index (χ2n) is 4.76. The van der Waals surface area contributed by atoms with Crippen LogP contribution < -0.4 is 11.5 Å². The zero-order valence-electron chi connectivity index (χ0n) is 10.5. The van der Waals surface area contributed by atoms with Crippen molar-refractivity contribution in [3.05, 3.63) is 12.3 Å². The SMILES string of the molecule is Nc1nc(N)c2ccn([C@@H]3OC(O)[C@H]4OC(=O)O[C@H]43)c2n1. The van der Waals surface area contributed by atoms with Crippen LogP contribution in [0.5, 0.6) is 0 Å².